The van der Waals surface area contributed by atoms with Crippen molar-refractivity contribution in [3.8, 4) is 0 Å². The highest BCUT2D eigenvalue weighted by Gasteiger charge is 2.32. The van der Waals surface area contributed by atoms with Crippen LogP contribution >= 0.6 is 24.0 Å². The number of nitrogens with zero attached hydrogens (tertiary/aromatic N) is 1. The van der Waals surface area contributed by atoms with E-state index >= 15 is 0 Å². The fraction of sp³-hybridized carbons (Fsp3) is 0.467. The number of thiocarbonyl (C=S) groups is 1. The summed E-state index contributed by atoms with van der Waals surface area (Å²) in [5.41, 5.74) is 0. The molecule has 2 heterocycles. The summed E-state index contributed by atoms with van der Waals surface area (Å²) in [5, 5.41) is 0. The van der Waals surface area contributed by atoms with Crippen LogP contribution in [0, 0.1) is 5.92 Å². The molecule has 1 saturated carbocycles. The lowest BCUT2D eigenvalue weighted by molar-refractivity contribution is -0.122. The molecule has 3 nitrogen and oxygen atoms in total. The molecular formula is C15H17NO2S2. The molecule has 20 heavy (non-hydrogen) atoms. The Morgan fingerprint density at radius 1 is 1.45 bits per heavy atom. The maximum atomic E-state index is 12.4. The Bertz CT molecular complexity index is 530. The zero-order chi connectivity index (χ0) is 13.9. The van der Waals surface area contributed by atoms with Crippen LogP contribution in [0.4, 0.5) is 0 Å². The van der Waals surface area contributed by atoms with Crippen LogP contribution < -0.4 is 0 Å². The van der Waals surface area contributed by atoms with E-state index < -0.39 is 0 Å². The second kappa shape index (κ2) is 6.14. The Labute approximate surface area is 128 Å². The minimum atomic E-state index is 0.0226. The molecule has 1 aromatic rings. The minimum absolute atomic E-state index is 0.0226. The van der Waals surface area contributed by atoms with Gasteiger partial charge in [0.05, 0.1) is 11.2 Å². The summed E-state index contributed by atoms with van der Waals surface area (Å²) < 4.78 is 5.92. The van der Waals surface area contributed by atoms with Crippen molar-refractivity contribution in [3.63, 3.8) is 0 Å². The van der Waals surface area contributed by atoms with Gasteiger partial charge in [0.15, 0.2) is 0 Å². The van der Waals surface area contributed by atoms with Gasteiger partial charge in [0.2, 0.25) is 0 Å². The van der Waals surface area contributed by atoms with Crippen molar-refractivity contribution in [1.82, 2.24) is 4.90 Å². The van der Waals surface area contributed by atoms with Gasteiger partial charge in [0.1, 0.15) is 10.1 Å². The third-order valence-corrected chi connectivity index (χ3v) is 5.30. The third-order valence-electron chi connectivity index (χ3n) is 3.93. The van der Waals surface area contributed by atoms with Crippen molar-refractivity contribution in [2.24, 2.45) is 5.92 Å². The molecule has 1 amide bonds. The Kier molecular flexibility index (Phi) is 4.27. The molecule has 0 radical (unpaired) electrons. The average Bonchev–Trinajstić information content (AvgIpc) is 3.13. The van der Waals surface area contributed by atoms with E-state index in [4.69, 9.17) is 16.6 Å². The normalized spacial score (nSPS) is 22.4. The molecule has 2 aliphatic rings. The minimum Gasteiger partial charge on any atom is -0.465 e. The molecule has 1 aliphatic carbocycles. The molecule has 0 N–H and O–H groups in total. The van der Waals surface area contributed by atoms with Crippen LogP contribution in [0.5, 0.6) is 0 Å². The van der Waals surface area contributed by atoms with Crippen LogP contribution in [0.25, 0.3) is 6.08 Å². The molecule has 5 heteroatoms. The monoisotopic (exact) mass is 307 g/mol. The van der Waals surface area contributed by atoms with E-state index in [1.165, 1.54) is 37.4 Å². The summed E-state index contributed by atoms with van der Waals surface area (Å²) in [7, 11) is 0. The zero-order valence-corrected chi connectivity index (χ0v) is 12.8. The van der Waals surface area contributed by atoms with Gasteiger partial charge in [-0.15, -0.1) is 0 Å². The van der Waals surface area contributed by atoms with Crippen LogP contribution in [-0.2, 0) is 4.79 Å². The number of furan rings is 1. The van der Waals surface area contributed by atoms with E-state index in [0.717, 1.165) is 18.9 Å². The van der Waals surface area contributed by atoms with Crippen LogP contribution in [0.1, 0.15) is 37.9 Å². The summed E-state index contributed by atoms with van der Waals surface area (Å²) in [4.78, 5) is 14.8. The molecule has 0 spiro atoms. The van der Waals surface area contributed by atoms with Crippen LogP contribution in [0.3, 0.4) is 0 Å². The smallest absolute Gasteiger partial charge is 0.266 e. The van der Waals surface area contributed by atoms with E-state index in [0.29, 0.717) is 15.0 Å². The fourth-order valence-electron chi connectivity index (χ4n) is 2.81. The Balaban J connectivity index is 1.64. The molecule has 0 aromatic carbocycles. The van der Waals surface area contributed by atoms with E-state index in [2.05, 4.69) is 0 Å². The van der Waals surface area contributed by atoms with Crippen LogP contribution in [0.15, 0.2) is 27.7 Å². The quantitative estimate of drug-likeness (QED) is 0.620. The molecule has 2 fully saturated rings. The highest BCUT2D eigenvalue weighted by atomic mass is 32.2. The van der Waals surface area contributed by atoms with Crippen molar-refractivity contribution in [2.45, 2.75) is 32.1 Å². The molecule has 0 atom stereocenters. The number of hydrogen-bond donors (Lipinski definition) is 0. The summed E-state index contributed by atoms with van der Waals surface area (Å²) in [6, 6.07) is 3.65. The van der Waals surface area contributed by atoms with E-state index in [1.54, 1.807) is 17.2 Å². The maximum Gasteiger partial charge on any atom is 0.266 e. The van der Waals surface area contributed by atoms with Crippen LogP contribution in [-0.4, -0.2) is 21.7 Å². The Morgan fingerprint density at radius 2 is 2.25 bits per heavy atom. The number of carbonyl (C=O) groups excluding carboxylic acids is 1. The first-order chi connectivity index (χ1) is 9.74. The first-order valence-corrected chi connectivity index (χ1v) is 8.25. The Hall–Kier alpha value is -1.07. The van der Waals surface area contributed by atoms with Crippen molar-refractivity contribution in [2.75, 3.05) is 6.54 Å². The second-order valence-electron chi connectivity index (χ2n) is 5.29. The Morgan fingerprint density at radius 3 is 2.95 bits per heavy atom. The lowest BCUT2D eigenvalue weighted by Gasteiger charge is -2.17. The summed E-state index contributed by atoms with van der Waals surface area (Å²) in [6.07, 6.45) is 9.72. The lowest BCUT2D eigenvalue weighted by atomic mass is 10.0. The standard InChI is InChI=1S/C15H17NO2S2/c17-14-13(10-12-6-3-9-18-12)20-15(19)16(14)8-7-11-4-1-2-5-11/h3,6,9-11H,1-2,4-5,7-8H2. The summed E-state index contributed by atoms with van der Waals surface area (Å²) in [5.74, 6) is 1.49. The maximum absolute atomic E-state index is 12.4. The predicted molar refractivity (Wildman–Crippen MR) is 85.2 cm³/mol. The highest BCUT2D eigenvalue weighted by molar-refractivity contribution is 8.26. The van der Waals surface area contributed by atoms with Gasteiger partial charge in [-0.05, 0) is 24.5 Å². The summed E-state index contributed by atoms with van der Waals surface area (Å²) in [6.45, 7) is 0.755. The third kappa shape index (κ3) is 2.99. The van der Waals surface area contributed by atoms with Crippen molar-refractivity contribution in [1.29, 1.82) is 0 Å². The number of hydrogen-bond acceptors (Lipinski definition) is 4. The molecule has 0 unspecified atom stereocenters. The van der Waals surface area contributed by atoms with E-state index in [-0.39, 0.29) is 5.91 Å². The number of carbonyl (C=O) groups is 1. The lowest BCUT2D eigenvalue weighted by Crippen LogP contribution is -2.30. The van der Waals surface area contributed by atoms with Gasteiger partial charge < -0.3 is 4.42 Å². The topological polar surface area (TPSA) is 33.5 Å². The van der Waals surface area contributed by atoms with E-state index in [9.17, 15) is 4.79 Å². The highest BCUT2D eigenvalue weighted by Crippen LogP contribution is 2.34. The second-order valence-corrected chi connectivity index (χ2v) is 6.96. The van der Waals surface area contributed by atoms with Gasteiger partial charge in [-0.2, -0.15) is 0 Å². The van der Waals surface area contributed by atoms with Gasteiger partial charge in [-0.3, -0.25) is 9.69 Å². The number of amides is 1. The molecule has 1 aliphatic heterocycles. The van der Waals surface area contributed by atoms with Gasteiger partial charge in [0, 0.05) is 12.6 Å². The van der Waals surface area contributed by atoms with Crippen molar-refractivity contribution >= 4 is 40.3 Å². The number of thioether (sulfide) groups is 1. The number of rotatable bonds is 4. The molecule has 3 rings (SSSR count). The van der Waals surface area contributed by atoms with Crippen molar-refractivity contribution in [3.05, 3.63) is 29.1 Å². The zero-order valence-electron chi connectivity index (χ0n) is 11.2. The first-order valence-electron chi connectivity index (χ1n) is 7.03. The molecular weight excluding hydrogens is 290 g/mol. The SMILES string of the molecule is O=C1C(=Cc2ccco2)SC(=S)N1CCC1CCCC1. The van der Waals surface area contributed by atoms with Gasteiger partial charge in [0.25, 0.3) is 5.91 Å². The van der Waals surface area contributed by atoms with Gasteiger partial charge >= 0.3 is 0 Å². The largest absolute Gasteiger partial charge is 0.465 e. The molecule has 0 bridgehead atoms. The molecule has 1 saturated heterocycles. The fourth-order valence-corrected chi connectivity index (χ4v) is 4.09. The predicted octanol–water partition coefficient (Wildman–Crippen LogP) is 4.06. The molecule has 1 aromatic heterocycles. The van der Waals surface area contributed by atoms with Gasteiger partial charge in [-0.1, -0.05) is 49.7 Å². The molecule has 106 valence electrons. The van der Waals surface area contributed by atoms with Gasteiger partial charge in [-0.25, -0.2) is 0 Å². The summed E-state index contributed by atoms with van der Waals surface area (Å²) >= 11 is 6.70. The first kappa shape index (κ1) is 13.9. The average molecular weight is 307 g/mol. The van der Waals surface area contributed by atoms with Crippen molar-refractivity contribution < 1.29 is 9.21 Å². The van der Waals surface area contributed by atoms with E-state index in [1.807, 2.05) is 12.1 Å². The van der Waals surface area contributed by atoms with Crippen LogP contribution in [0.2, 0.25) is 0 Å².